The van der Waals surface area contributed by atoms with Crippen molar-refractivity contribution in [3.8, 4) is 11.1 Å². The first-order valence-electron chi connectivity index (χ1n) is 9.47. The van der Waals surface area contributed by atoms with Gasteiger partial charge in [-0.2, -0.15) is 0 Å². The van der Waals surface area contributed by atoms with Gasteiger partial charge in [-0.15, -0.1) is 0 Å². The summed E-state index contributed by atoms with van der Waals surface area (Å²) < 4.78 is 4.87. The molecule has 142 valence electrons. The van der Waals surface area contributed by atoms with E-state index in [1.165, 1.54) is 7.11 Å². The Bertz CT molecular complexity index is 1070. The lowest BCUT2D eigenvalue weighted by atomic mass is 9.71. The maximum atomic E-state index is 11.9. The third-order valence-corrected chi connectivity index (χ3v) is 5.88. The Morgan fingerprint density at radius 1 is 0.857 bits per heavy atom. The van der Waals surface area contributed by atoms with Gasteiger partial charge in [0, 0.05) is 18.3 Å². The lowest BCUT2D eigenvalue weighted by Crippen LogP contribution is -2.27. The number of hydrogen-bond acceptors (Lipinski definition) is 3. The number of esters is 1. The average molecular weight is 374 g/mol. The van der Waals surface area contributed by atoms with Crippen molar-refractivity contribution >= 4 is 22.7 Å². The number of rotatable bonds is 6. The minimum absolute atomic E-state index is 0.0434. The van der Waals surface area contributed by atoms with Crippen LogP contribution in [0.1, 0.15) is 36.8 Å². The second kappa shape index (κ2) is 7.12. The van der Waals surface area contributed by atoms with E-state index in [1.807, 2.05) is 24.3 Å². The maximum absolute atomic E-state index is 11.9. The Morgan fingerprint density at radius 3 is 2.21 bits per heavy atom. The fourth-order valence-corrected chi connectivity index (χ4v) is 4.54. The molecule has 3 aromatic rings. The number of aliphatic carboxylic acids is 1. The number of methoxy groups -OCH3 is 1. The van der Waals surface area contributed by atoms with Crippen LogP contribution in [0.5, 0.6) is 0 Å². The number of carboxylic acid groups (broad SMARTS) is 1. The Balaban J connectivity index is 1.94. The fraction of sp³-hybridized carbons (Fsp3) is 0.250. The van der Waals surface area contributed by atoms with E-state index in [9.17, 15) is 14.7 Å². The van der Waals surface area contributed by atoms with Crippen LogP contribution in [0.2, 0.25) is 0 Å². The molecule has 0 amide bonds. The van der Waals surface area contributed by atoms with Gasteiger partial charge in [0.25, 0.3) is 0 Å². The number of benzene rings is 3. The predicted molar refractivity (Wildman–Crippen MR) is 108 cm³/mol. The van der Waals surface area contributed by atoms with Crippen LogP contribution in [0.25, 0.3) is 21.9 Å². The van der Waals surface area contributed by atoms with E-state index in [4.69, 9.17) is 4.74 Å². The van der Waals surface area contributed by atoms with Crippen LogP contribution < -0.4 is 0 Å². The second-order valence-electron chi connectivity index (χ2n) is 7.34. The molecule has 1 unspecified atom stereocenters. The van der Waals surface area contributed by atoms with Crippen molar-refractivity contribution in [2.24, 2.45) is 0 Å². The van der Waals surface area contributed by atoms with Gasteiger partial charge < -0.3 is 9.84 Å². The molecule has 1 aliphatic carbocycles. The van der Waals surface area contributed by atoms with E-state index in [2.05, 4.69) is 36.4 Å². The number of hydrogen-bond donors (Lipinski definition) is 1. The summed E-state index contributed by atoms with van der Waals surface area (Å²) in [5, 5.41) is 11.7. The zero-order valence-electron chi connectivity index (χ0n) is 15.8. The van der Waals surface area contributed by atoms with Gasteiger partial charge in [-0.1, -0.05) is 48.5 Å². The molecule has 0 bridgehead atoms. The SMILES string of the molecule is COC(=O)CCC1(CCC(=O)O)c2ccccc2-c2cc3ccccc3cc21. The molecule has 4 heteroatoms. The molecule has 3 aromatic carbocycles. The van der Waals surface area contributed by atoms with Gasteiger partial charge in [-0.3, -0.25) is 9.59 Å². The van der Waals surface area contributed by atoms with Gasteiger partial charge in [0.1, 0.15) is 0 Å². The summed E-state index contributed by atoms with van der Waals surface area (Å²) in [7, 11) is 1.39. The largest absolute Gasteiger partial charge is 0.481 e. The smallest absolute Gasteiger partial charge is 0.305 e. The molecule has 0 fully saturated rings. The Labute approximate surface area is 163 Å². The summed E-state index contributed by atoms with van der Waals surface area (Å²) in [6.45, 7) is 0. The van der Waals surface area contributed by atoms with Crippen molar-refractivity contribution in [3.05, 3.63) is 71.8 Å². The van der Waals surface area contributed by atoms with Crippen LogP contribution in [0.3, 0.4) is 0 Å². The average Bonchev–Trinajstić information content (AvgIpc) is 2.98. The van der Waals surface area contributed by atoms with E-state index in [1.54, 1.807) is 0 Å². The molecule has 0 saturated carbocycles. The molecule has 1 aliphatic rings. The lowest BCUT2D eigenvalue weighted by molar-refractivity contribution is -0.141. The van der Waals surface area contributed by atoms with Crippen molar-refractivity contribution < 1.29 is 19.4 Å². The van der Waals surface area contributed by atoms with Crippen molar-refractivity contribution in [1.82, 2.24) is 0 Å². The van der Waals surface area contributed by atoms with E-state index in [0.717, 1.165) is 33.0 Å². The molecule has 0 aliphatic heterocycles. The fourth-order valence-electron chi connectivity index (χ4n) is 4.54. The summed E-state index contributed by atoms with van der Waals surface area (Å²) >= 11 is 0. The van der Waals surface area contributed by atoms with Crippen LogP contribution in [0.4, 0.5) is 0 Å². The number of ether oxygens (including phenoxy) is 1. The summed E-state index contributed by atoms with van der Waals surface area (Å²) in [6.07, 6.45) is 1.26. The molecule has 0 heterocycles. The molecule has 0 aromatic heterocycles. The first kappa shape index (κ1) is 18.2. The quantitative estimate of drug-likeness (QED) is 0.622. The van der Waals surface area contributed by atoms with Gasteiger partial charge in [0.05, 0.1) is 7.11 Å². The Hall–Kier alpha value is -3.14. The van der Waals surface area contributed by atoms with Crippen molar-refractivity contribution in [3.63, 3.8) is 0 Å². The molecule has 4 nitrogen and oxygen atoms in total. The van der Waals surface area contributed by atoms with E-state index < -0.39 is 11.4 Å². The molecular weight excluding hydrogens is 352 g/mol. The summed E-state index contributed by atoms with van der Waals surface area (Å²) in [4.78, 5) is 23.4. The van der Waals surface area contributed by atoms with Crippen molar-refractivity contribution in [2.45, 2.75) is 31.1 Å². The molecule has 0 saturated heterocycles. The molecule has 0 spiro atoms. The van der Waals surface area contributed by atoms with Gasteiger partial charge in [0.15, 0.2) is 0 Å². The normalized spacial score (nSPS) is 17.2. The van der Waals surface area contributed by atoms with Crippen LogP contribution in [-0.4, -0.2) is 24.2 Å². The number of carbonyl (C=O) groups excluding carboxylic acids is 1. The molecule has 28 heavy (non-hydrogen) atoms. The lowest BCUT2D eigenvalue weighted by Gasteiger charge is -2.32. The third-order valence-electron chi connectivity index (χ3n) is 5.88. The zero-order chi connectivity index (χ0) is 19.7. The van der Waals surface area contributed by atoms with E-state index in [0.29, 0.717) is 12.8 Å². The monoisotopic (exact) mass is 374 g/mol. The number of fused-ring (bicyclic) bond motifs is 4. The Morgan fingerprint density at radius 2 is 1.50 bits per heavy atom. The molecule has 4 rings (SSSR count). The molecule has 1 N–H and O–H groups in total. The van der Waals surface area contributed by atoms with Crippen molar-refractivity contribution in [2.75, 3.05) is 7.11 Å². The second-order valence-corrected chi connectivity index (χ2v) is 7.34. The van der Waals surface area contributed by atoms with Crippen LogP contribution in [0.15, 0.2) is 60.7 Å². The van der Waals surface area contributed by atoms with Crippen LogP contribution >= 0.6 is 0 Å². The predicted octanol–water partition coefficient (Wildman–Crippen LogP) is 4.92. The number of carbonyl (C=O) groups is 2. The van der Waals surface area contributed by atoms with Crippen molar-refractivity contribution in [1.29, 1.82) is 0 Å². The minimum Gasteiger partial charge on any atom is -0.481 e. The standard InChI is InChI=1S/C24H22O4/c1-28-23(27)11-13-24(12-10-22(25)26)20-9-5-4-8-18(20)19-14-16-6-2-3-7-17(16)15-21(19)24/h2-9,14-15H,10-13H2,1H3,(H,25,26). The van der Waals surface area contributed by atoms with E-state index >= 15 is 0 Å². The summed E-state index contributed by atoms with van der Waals surface area (Å²) in [6, 6.07) is 20.7. The highest BCUT2D eigenvalue weighted by Crippen LogP contribution is 2.54. The first-order chi connectivity index (χ1) is 13.5. The molecule has 1 atom stereocenters. The molecule has 0 radical (unpaired) electrons. The van der Waals surface area contributed by atoms with Gasteiger partial charge >= 0.3 is 11.9 Å². The highest BCUT2D eigenvalue weighted by Gasteiger charge is 2.43. The zero-order valence-corrected chi connectivity index (χ0v) is 15.8. The summed E-state index contributed by atoms with van der Waals surface area (Å²) in [5.74, 6) is -1.11. The molecular formula is C24H22O4. The topological polar surface area (TPSA) is 63.6 Å². The van der Waals surface area contributed by atoms with Crippen LogP contribution in [0, 0.1) is 0 Å². The third kappa shape index (κ3) is 2.95. The van der Waals surface area contributed by atoms with Crippen LogP contribution in [-0.2, 0) is 19.7 Å². The maximum Gasteiger partial charge on any atom is 0.305 e. The van der Waals surface area contributed by atoms with Gasteiger partial charge in [-0.05, 0) is 58.0 Å². The van der Waals surface area contributed by atoms with Gasteiger partial charge in [-0.25, -0.2) is 0 Å². The van der Waals surface area contributed by atoms with Gasteiger partial charge in [0.2, 0.25) is 0 Å². The first-order valence-corrected chi connectivity index (χ1v) is 9.47. The highest BCUT2D eigenvalue weighted by molar-refractivity contribution is 5.93. The minimum atomic E-state index is -0.829. The Kier molecular flexibility index (Phi) is 4.63. The summed E-state index contributed by atoms with van der Waals surface area (Å²) in [5.41, 5.74) is 3.95. The number of carboxylic acids is 1. The van der Waals surface area contributed by atoms with E-state index in [-0.39, 0.29) is 18.8 Å². The highest BCUT2D eigenvalue weighted by atomic mass is 16.5.